The zero-order chi connectivity index (χ0) is 19.9. The van der Waals surface area contributed by atoms with Crippen molar-refractivity contribution < 1.29 is 18.9 Å². The third kappa shape index (κ3) is 1.94. The van der Waals surface area contributed by atoms with Crippen LogP contribution >= 0.6 is 0 Å². The second kappa shape index (κ2) is 5.48. The molecule has 0 amide bonds. The van der Waals surface area contributed by atoms with Gasteiger partial charge in [0.25, 0.3) is 5.95 Å². The number of fused-ring (bicyclic) bond motifs is 1. The highest BCUT2D eigenvalue weighted by molar-refractivity contribution is 5.44. The second-order valence-corrected chi connectivity index (χ2v) is 9.18. The van der Waals surface area contributed by atoms with Gasteiger partial charge < -0.3 is 9.15 Å². The standard InChI is InChI=1S/C22H30O5/c1-9-14-21(6)16-11(2)10-20(5,27-26-16)19(21)22(14,7)17-12(3)15(23)13(4)18(24-8)25-17/h10,14,16,19H,9H2,1-8H3/t14-,16+,19+,20+,21-,22-/m1/s1. The molecule has 4 aliphatic rings. The zero-order valence-corrected chi connectivity index (χ0v) is 17.6. The fraction of sp³-hybridized carbons (Fsp3) is 0.682. The topological polar surface area (TPSA) is 57.9 Å². The molecule has 2 fully saturated rings. The Morgan fingerprint density at radius 2 is 1.81 bits per heavy atom. The van der Waals surface area contributed by atoms with Gasteiger partial charge in [0.2, 0.25) is 0 Å². The van der Waals surface area contributed by atoms with E-state index in [0.29, 0.717) is 23.0 Å². The Labute approximate surface area is 160 Å². The first-order valence-corrected chi connectivity index (χ1v) is 9.79. The van der Waals surface area contributed by atoms with Gasteiger partial charge in [-0.2, -0.15) is 0 Å². The van der Waals surface area contributed by atoms with Crippen molar-refractivity contribution in [1.82, 2.24) is 0 Å². The third-order valence-electron chi connectivity index (χ3n) is 7.69. The molecule has 5 nitrogen and oxygen atoms in total. The lowest BCUT2D eigenvalue weighted by atomic mass is 9.32. The molecule has 0 radical (unpaired) electrons. The molecule has 6 atom stereocenters. The van der Waals surface area contributed by atoms with E-state index in [9.17, 15) is 4.79 Å². The molecule has 27 heavy (non-hydrogen) atoms. The summed E-state index contributed by atoms with van der Waals surface area (Å²) in [6.45, 7) is 14.5. The van der Waals surface area contributed by atoms with E-state index in [1.165, 1.54) is 5.57 Å². The normalized spacial score (nSPS) is 42.4. The summed E-state index contributed by atoms with van der Waals surface area (Å²) in [6.07, 6.45) is 3.09. The monoisotopic (exact) mass is 374 g/mol. The van der Waals surface area contributed by atoms with Crippen LogP contribution in [0.4, 0.5) is 0 Å². The Kier molecular flexibility index (Phi) is 3.81. The molecule has 1 aromatic rings. The summed E-state index contributed by atoms with van der Waals surface area (Å²) in [5, 5.41) is 0. The molecule has 5 rings (SSSR count). The molecular weight excluding hydrogens is 344 g/mol. The Morgan fingerprint density at radius 3 is 2.37 bits per heavy atom. The van der Waals surface area contributed by atoms with Gasteiger partial charge in [0.1, 0.15) is 17.5 Å². The first-order valence-electron chi connectivity index (χ1n) is 9.79. The lowest BCUT2D eigenvalue weighted by molar-refractivity contribution is -0.478. The molecule has 0 N–H and O–H groups in total. The van der Waals surface area contributed by atoms with E-state index < -0.39 is 5.60 Å². The van der Waals surface area contributed by atoms with Gasteiger partial charge in [-0.15, -0.1) is 0 Å². The van der Waals surface area contributed by atoms with E-state index >= 15 is 0 Å². The summed E-state index contributed by atoms with van der Waals surface area (Å²) < 4.78 is 11.6. The molecule has 2 bridgehead atoms. The van der Waals surface area contributed by atoms with E-state index in [1.54, 1.807) is 14.0 Å². The smallest absolute Gasteiger partial charge is 0.291 e. The summed E-state index contributed by atoms with van der Waals surface area (Å²) in [4.78, 5) is 24.6. The van der Waals surface area contributed by atoms with Gasteiger partial charge in [-0.3, -0.25) is 4.79 Å². The maximum Gasteiger partial charge on any atom is 0.291 e. The molecule has 1 aromatic heterocycles. The van der Waals surface area contributed by atoms with Gasteiger partial charge in [0.05, 0.1) is 12.7 Å². The van der Waals surface area contributed by atoms with Crippen LogP contribution in [0.2, 0.25) is 0 Å². The quantitative estimate of drug-likeness (QED) is 0.585. The number of hydrogen-bond donors (Lipinski definition) is 0. The van der Waals surface area contributed by atoms with Crippen molar-refractivity contribution >= 4 is 0 Å². The van der Waals surface area contributed by atoms with Crippen LogP contribution in [-0.2, 0) is 15.2 Å². The highest BCUT2D eigenvalue weighted by Crippen LogP contribution is 2.75. The molecule has 5 heteroatoms. The second-order valence-electron chi connectivity index (χ2n) is 9.18. The molecule has 1 saturated heterocycles. The van der Waals surface area contributed by atoms with Gasteiger partial charge >= 0.3 is 0 Å². The minimum absolute atomic E-state index is 0.00667. The lowest BCUT2D eigenvalue weighted by Gasteiger charge is -2.75. The van der Waals surface area contributed by atoms with Gasteiger partial charge in [-0.1, -0.05) is 27.2 Å². The molecule has 0 aromatic carbocycles. The first-order chi connectivity index (χ1) is 12.6. The highest BCUT2D eigenvalue weighted by atomic mass is 17.2. The van der Waals surface area contributed by atoms with E-state index in [0.717, 1.165) is 12.2 Å². The number of rotatable bonds is 3. The summed E-state index contributed by atoms with van der Waals surface area (Å²) in [5.74, 6) is 1.47. The Balaban J connectivity index is 1.97. The minimum Gasteiger partial charge on any atom is -0.468 e. The maximum absolute atomic E-state index is 12.9. The largest absolute Gasteiger partial charge is 0.468 e. The molecule has 1 saturated carbocycles. The molecule has 0 unspecified atom stereocenters. The number of hydrogen-bond acceptors (Lipinski definition) is 5. The van der Waals surface area contributed by atoms with Crippen LogP contribution < -0.4 is 10.2 Å². The first kappa shape index (κ1) is 18.8. The Hall–Kier alpha value is -1.59. The van der Waals surface area contributed by atoms with Crippen LogP contribution in [-0.4, -0.2) is 18.8 Å². The van der Waals surface area contributed by atoms with Crippen LogP contribution in [0.25, 0.3) is 0 Å². The Morgan fingerprint density at radius 1 is 1.15 bits per heavy atom. The average molecular weight is 374 g/mol. The minimum atomic E-state index is -0.558. The van der Waals surface area contributed by atoms with Crippen molar-refractivity contribution in [2.24, 2.45) is 17.3 Å². The van der Waals surface area contributed by atoms with Gasteiger partial charge in [0, 0.05) is 22.3 Å². The third-order valence-corrected chi connectivity index (χ3v) is 7.69. The zero-order valence-electron chi connectivity index (χ0n) is 17.6. The molecule has 2 aliphatic carbocycles. The van der Waals surface area contributed by atoms with Crippen molar-refractivity contribution in [3.63, 3.8) is 0 Å². The molecular formula is C22H30O5. The average Bonchev–Trinajstić information content (AvgIpc) is 2.58. The van der Waals surface area contributed by atoms with E-state index in [1.807, 2.05) is 6.92 Å². The van der Waals surface area contributed by atoms with Gasteiger partial charge in [-0.05, 0) is 45.3 Å². The predicted molar refractivity (Wildman–Crippen MR) is 102 cm³/mol. The van der Waals surface area contributed by atoms with Crippen molar-refractivity contribution in [3.8, 4) is 5.95 Å². The summed E-state index contributed by atoms with van der Waals surface area (Å²) in [5.41, 5.74) is 1.43. The summed E-state index contributed by atoms with van der Waals surface area (Å²) >= 11 is 0. The van der Waals surface area contributed by atoms with Crippen molar-refractivity contribution in [2.75, 3.05) is 7.11 Å². The molecule has 3 heterocycles. The van der Waals surface area contributed by atoms with Crippen LogP contribution in [0.5, 0.6) is 5.95 Å². The van der Waals surface area contributed by atoms with Crippen molar-refractivity contribution in [1.29, 1.82) is 0 Å². The van der Waals surface area contributed by atoms with Crippen LogP contribution in [0.3, 0.4) is 0 Å². The fourth-order valence-electron chi connectivity index (χ4n) is 7.24. The SMILES string of the molecule is CC[C@H]1[C@](C)(c2oc(OC)c(C)c(=O)c2C)[C@@H]2[C@@]1(C)[C@H]1OO[C@@]2(C)C=C1C. The highest BCUT2D eigenvalue weighted by Gasteiger charge is 2.78. The Bertz CT molecular complexity index is 899. The van der Waals surface area contributed by atoms with Gasteiger partial charge in [-0.25, -0.2) is 9.78 Å². The van der Waals surface area contributed by atoms with Crippen molar-refractivity contribution in [3.05, 3.63) is 38.8 Å². The van der Waals surface area contributed by atoms with Crippen LogP contribution in [0.1, 0.15) is 57.9 Å². The van der Waals surface area contributed by atoms with Gasteiger partial charge in [0.15, 0.2) is 5.43 Å². The predicted octanol–water partition coefficient (Wildman–Crippen LogP) is 4.23. The fourth-order valence-corrected chi connectivity index (χ4v) is 7.24. The number of methoxy groups -OCH3 is 1. The summed E-state index contributed by atoms with van der Waals surface area (Å²) in [6, 6.07) is 0. The maximum atomic E-state index is 12.9. The van der Waals surface area contributed by atoms with E-state index in [4.69, 9.17) is 18.9 Å². The van der Waals surface area contributed by atoms with E-state index in [-0.39, 0.29) is 28.3 Å². The molecule has 0 spiro atoms. The molecule has 2 aliphatic heterocycles. The molecule has 148 valence electrons. The van der Waals surface area contributed by atoms with Crippen LogP contribution in [0.15, 0.2) is 20.9 Å². The summed E-state index contributed by atoms with van der Waals surface area (Å²) in [7, 11) is 1.54. The van der Waals surface area contributed by atoms with Crippen LogP contribution in [0, 0.1) is 31.1 Å². The van der Waals surface area contributed by atoms with Crippen molar-refractivity contribution in [2.45, 2.75) is 72.0 Å². The lowest BCUT2D eigenvalue weighted by Crippen LogP contribution is -2.79. The number of ether oxygens (including phenoxy) is 1. The van der Waals surface area contributed by atoms with E-state index in [2.05, 4.69) is 40.7 Å².